The molecule has 0 heterocycles. The van der Waals surface area contributed by atoms with Crippen LogP contribution in [0.1, 0.15) is 31.2 Å². The zero-order chi connectivity index (χ0) is 18.4. The Balaban J connectivity index is 2.05. The summed E-state index contributed by atoms with van der Waals surface area (Å²) in [6, 6.07) is 4.12. The van der Waals surface area contributed by atoms with Crippen LogP contribution in [0.5, 0.6) is 0 Å². The topological polar surface area (TPSA) is 66.8 Å². The first-order valence-electron chi connectivity index (χ1n) is 8.36. The zero-order valence-electron chi connectivity index (χ0n) is 14.2. The minimum Gasteiger partial charge on any atom is -0.481 e. The molecule has 1 aromatic carbocycles. The van der Waals surface area contributed by atoms with Crippen LogP contribution in [0.15, 0.2) is 18.2 Å². The maximum atomic E-state index is 13.2. The molecule has 0 radical (unpaired) electrons. The number of halogens is 2. The predicted octanol–water partition coefficient (Wildman–Crippen LogP) is 3.35. The van der Waals surface area contributed by atoms with Gasteiger partial charge in [-0.05, 0) is 43.4 Å². The lowest BCUT2D eigenvalue weighted by Gasteiger charge is -2.31. The SMILES string of the molecule is COCCN(Cc1ccc(F)cc1Cl)C(=O)C1CCC(C(=O)O)CC1. The summed E-state index contributed by atoms with van der Waals surface area (Å²) >= 11 is 6.08. The van der Waals surface area contributed by atoms with Crippen molar-refractivity contribution in [3.05, 3.63) is 34.6 Å². The molecule has 1 amide bonds. The van der Waals surface area contributed by atoms with E-state index in [-0.39, 0.29) is 29.3 Å². The fourth-order valence-electron chi connectivity index (χ4n) is 3.17. The molecule has 0 atom stereocenters. The van der Waals surface area contributed by atoms with Gasteiger partial charge in [0.2, 0.25) is 5.91 Å². The van der Waals surface area contributed by atoms with Crippen LogP contribution in [0.4, 0.5) is 4.39 Å². The molecular formula is C18H23ClFNO4. The molecule has 7 heteroatoms. The molecule has 0 spiro atoms. The van der Waals surface area contributed by atoms with Crippen molar-refractivity contribution < 1.29 is 23.8 Å². The lowest BCUT2D eigenvalue weighted by Crippen LogP contribution is -2.39. The maximum Gasteiger partial charge on any atom is 0.306 e. The van der Waals surface area contributed by atoms with E-state index in [9.17, 15) is 14.0 Å². The number of aliphatic carboxylic acids is 1. The standard InChI is InChI=1S/C18H23ClFNO4/c1-25-9-8-21(11-14-6-7-15(20)10-16(14)19)17(22)12-2-4-13(5-3-12)18(23)24/h6-7,10,12-13H,2-5,8-9,11H2,1H3,(H,23,24). The summed E-state index contributed by atoms with van der Waals surface area (Å²) < 4.78 is 18.3. The molecule has 0 bridgehead atoms. The smallest absolute Gasteiger partial charge is 0.306 e. The highest BCUT2D eigenvalue weighted by Gasteiger charge is 2.32. The number of hydrogen-bond donors (Lipinski definition) is 1. The quantitative estimate of drug-likeness (QED) is 0.798. The van der Waals surface area contributed by atoms with Crippen LogP contribution in [-0.4, -0.2) is 42.1 Å². The predicted molar refractivity (Wildman–Crippen MR) is 91.8 cm³/mol. The van der Waals surface area contributed by atoms with Gasteiger partial charge in [0.05, 0.1) is 12.5 Å². The number of hydrogen-bond acceptors (Lipinski definition) is 3. The summed E-state index contributed by atoms with van der Waals surface area (Å²) in [6.45, 7) is 1.07. The molecule has 5 nitrogen and oxygen atoms in total. The fraction of sp³-hybridized carbons (Fsp3) is 0.556. The number of ether oxygens (including phenoxy) is 1. The van der Waals surface area contributed by atoms with E-state index in [4.69, 9.17) is 21.4 Å². The molecule has 1 N–H and O–H groups in total. The number of benzene rings is 1. The number of nitrogens with zero attached hydrogens (tertiary/aromatic N) is 1. The Hall–Kier alpha value is -1.66. The second-order valence-electron chi connectivity index (χ2n) is 6.38. The molecule has 1 aromatic rings. The number of carbonyl (C=O) groups is 2. The molecule has 0 saturated heterocycles. The largest absolute Gasteiger partial charge is 0.481 e. The molecule has 1 aliphatic rings. The van der Waals surface area contributed by atoms with Gasteiger partial charge in [-0.1, -0.05) is 17.7 Å². The van der Waals surface area contributed by atoms with E-state index in [2.05, 4.69) is 0 Å². The maximum absolute atomic E-state index is 13.2. The second kappa shape index (κ2) is 9.15. The molecule has 0 unspecified atom stereocenters. The lowest BCUT2D eigenvalue weighted by atomic mass is 9.81. The van der Waals surface area contributed by atoms with Crippen LogP contribution in [0.2, 0.25) is 5.02 Å². The van der Waals surface area contributed by atoms with Crippen molar-refractivity contribution in [3.8, 4) is 0 Å². The summed E-state index contributed by atoms with van der Waals surface area (Å²) in [5.74, 6) is -1.79. The summed E-state index contributed by atoms with van der Waals surface area (Å²) in [4.78, 5) is 25.6. The Kier molecular flexibility index (Phi) is 7.20. The van der Waals surface area contributed by atoms with Crippen LogP contribution in [-0.2, 0) is 20.9 Å². The number of methoxy groups -OCH3 is 1. The molecule has 1 saturated carbocycles. The summed E-state index contributed by atoms with van der Waals surface area (Å²) in [5, 5.41) is 9.36. The molecular weight excluding hydrogens is 349 g/mol. The molecule has 1 aliphatic carbocycles. The highest BCUT2D eigenvalue weighted by Crippen LogP contribution is 2.31. The van der Waals surface area contributed by atoms with Gasteiger partial charge in [0.1, 0.15) is 5.82 Å². The number of carboxylic acid groups (broad SMARTS) is 1. The molecule has 138 valence electrons. The second-order valence-corrected chi connectivity index (χ2v) is 6.78. The Morgan fingerprint density at radius 1 is 1.28 bits per heavy atom. The monoisotopic (exact) mass is 371 g/mol. The number of carbonyl (C=O) groups excluding carboxylic acids is 1. The molecule has 0 aromatic heterocycles. The van der Waals surface area contributed by atoms with Crippen LogP contribution >= 0.6 is 11.6 Å². The Morgan fingerprint density at radius 3 is 2.48 bits per heavy atom. The van der Waals surface area contributed by atoms with Crippen LogP contribution in [0, 0.1) is 17.7 Å². The summed E-state index contributed by atoms with van der Waals surface area (Å²) in [7, 11) is 1.56. The van der Waals surface area contributed by atoms with E-state index >= 15 is 0 Å². The van der Waals surface area contributed by atoms with E-state index in [0.717, 1.165) is 0 Å². The van der Waals surface area contributed by atoms with Gasteiger partial charge in [0.15, 0.2) is 0 Å². The minimum absolute atomic E-state index is 0.0266. The fourth-order valence-corrected chi connectivity index (χ4v) is 3.40. The van der Waals surface area contributed by atoms with E-state index in [1.807, 2.05) is 0 Å². The van der Waals surface area contributed by atoms with Crippen LogP contribution < -0.4 is 0 Å². The summed E-state index contributed by atoms with van der Waals surface area (Å²) in [5.41, 5.74) is 0.673. The van der Waals surface area contributed by atoms with E-state index in [1.165, 1.54) is 12.1 Å². The average molecular weight is 372 g/mol. The molecule has 25 heavy (non-hydrogen) atoms. The van der Waals surface area contributed by atoms with Crippen LogP contribution in [0.25, 0.3) is 0 Å². The van der Waals surface area contributed by atoms with Crippen molar-refractivity contribution in [2.45, 2.75) is 32.2 Å². The van der Waals surface area contributed by atoms with Gasteiger partial charge in [-0.3, -0.25) is 9.59 Å². The third-order valence-corrected chi connectivity index (χ3v) is 5.03. The van der Waals surface area contributed by atoms with Crippen molar-refractivity contribution in [2.24, 2.45) is 11.8 Å². The van der Waals surface area contributed by atoms with Gasteiger partial charge in [-0.15, -0.1) is 0 Å². The number of amides is 1. The molecule has 2 rings (SSSR count). The first-order chi connectivity index (χ1) is 11.9. The first-order valence-corrected chi connectivity index (χ1v) is 8.74. The van der Waals surface area contributed by atoms with Crippen molar-refractivity contribution in [1.29, 1.82) is 0 Å². The average Bonchev–Trinajstić information content (AvgIpc) is 2.59. The van der Waals surface area contributed by atoms with E-state index in [1.54, 1.807) is 18.1 Å². The van der Waals surface area contributed by atoms with Crippen LogP contribution in [0.3, 0.4) is 0 Å². The molecule has 0 aliphatic heterocycles. The van der Waals surface area contributed by atoms with Crippen molar-refractivity contribution >= 4 is 23.5 Å². The van der Waals surface area contributed by atoms with Crippen molar-refractivity contribution in [3.63, 3.8) is 0 Å². The zero-order valence-corrected chi connectivity index (χ0v) is 15.0. The van der Waals surface area contributed by atoms with Gasteiger partial charge >= 0.3 is 5.97 Å². The Morgan fingerprint density at radius 2 is 1.92 bits per heavy atom. The summed E-state index contributed by atoms with van der Waals surface area (Å²) in [6.07, 6.45) is 2.16. The normalized spacial score (nSPS) is 20.3. The van der Waals surface area contributed by atoms with Crippen molar-refractivity contribution in [2.75, 3.05) is 20.3 Å². The van der Waals surface area contributed by atoms with Gasteiger partial charge in [-0.2, -0.15) is 0 Å². The third kappa shape index (κ3) is 5.41. The van der Waals surface area contributed by atoms with Gasteiger partial charge in [-0.25, -0.2) is 4.39 Å². The number of rotatable bonds is 7. The van der Waals surface area contributed by atoms with Gasteiger partial charge in [0, 0.05) is 31.1 Å². The minimum atomic E-state index is -0.791. The van der Waals surface area contributed by atoms with Gasteiger partial charge in [0.25, 0.3) is 0 Å². The highest BCUT2D eigenvalue weighted by molar-refractivity contribution is 6.31. The first kappa shape index (κ1) is 19.7. The number of carboxylic acids is 1. The van der Waals surface area contributed by atoms with Gasteiger partial charge < -0.3 is 14.7 Å². The third-order valence-electron chi connectivity index (χ3n) is 4.68. The van der Waals surface area contributed by atoms with E-state index in [0.29, 0.717) is 44.4 Å². The molecule has 1 fully saturated rings. The van der Waals surface area contributed by atoms with E-state index < -0.39 is 11.8 Å². The Labute approximate surface area is 151 Å². The highest BCUT2D eigenvalue weighted by atomic mass is 35.5. The lowest BCUT2D eigenvalue weighted by molar-refractivity contribution is -0.146. The Bertz CT molecular complexity index is 617. The van der Waals surface area contributed by atoms with Crippen molar-refractivity contribution in [1.82, 2.24) is 4.90 Å².